The van der Waals surface area contributed by atoms with Gasteiger partial charge in [0.2, 0.25) is 11.8 Å². The quantitative estimate of drug-likeness (QED) is 0.157. The van der Waals surface area contributed by atoms with Crippen LogP contribution in [-0.4, -0.2) is 34.6 Å². The van der Waals surface area contributed by atoms with E-state index in [1.165, 1.54) is 34.9 Å². The van der Waals surface area contributed by atoms with E-state index in [4.69, 9.17) is 4.74 Å². The van der Waals surface area contributed by atoms with Crippen LogP contribution in [0.3, 0.4) is 0 Å². The minimum atomic E-state index is -0.517. The second kappa shape index (κ2) is 11.6. The van der Waals surface area contributed by atoms with Gasteiger partial charge in [-0.05, 0) is 86.4 Å². The molecule has 2 amide bonds. The van der Waals surface area contributed by atoms with E-state index >= 15 is 0 Å². The van der Waals surface area contributed by atoms with Crippen LogP contribution < -0.4 is 4.90 Å². The molecule has 0 unspecified atom stereocenters. The van der Waals surface area contributed by atoms with Crippen LogP contribution in [0, 0.1) is 41.7 Å². The average molecular weight is 559 g/mol. The Morgan fingerprint density at radius 1 is 1.10 bits per heavy atom. The highest BCUT2D eigenvalue weighted by molar-refractivity contribution is 6.22. The Kier molecular flexibility index (Phi) is 8.13. The van der Waals surface area contributed by atoms with Gasteiger partial charge in [0.25, 0.3) is 5.69 Å². The van der Waals surface area contributed by atoms with Gasteiger partial charge in [-0.25, -0.2) is 4.90 Å². The number of aromatic hydroxyl groups is 1. The maximum absolute atomic E-state index is 13.7. The third-order valence-electron chi connectivity index (χ3n) is 8.92. The first-order chi connectivity index (χ1) is 19.6. The molecule has 2 fully saturated rings. The highest BCUT2D eigenvalue weighted by Gasteiger charge is 2.57. The monoisotopic (exact) mass is 558 g/mol. The fourth-order valence-electron chi connectivity index (χ4n) is 7.03. The molecule has 0 aromatic heterocycles. The van der Waals surface area contributed by atoms with E-state index in [-0.39, 0.29) is 35.2 Å². The number of benzene rings is 2. The lowest BCUT2D eigenvalue weighted by Gasteiger charge is -2.31. The predicted octanol–water partition coefficient (Wildman–Crippen LogP) is 6.81. The number of hydrogen-bond donors (Lipinski definition) is 1. The minimum Gasteiger partial charge on any atom is -0.507 e. The molecule has 4 atom stereocenters. The van der Waals surface area contributed by atoms with Crippen LogP contribution in [0.1, 0.15) is 69.1 Å². The lowest BCUT2D eigenvalue weighted by molar-refractivity contribution is -0.384. The van der Waals surface area contributed by atoms with Gasteiger partial charge in [0.1, 0.15) is 5.75 Å². The molecule has 3 aliphatic rings. The molecule has 0 saturated carbocycles. The van der Waals surface area contributed by atoms with E-state index in [1.807, 2.05) is 26.0 Å². The number of non-ortho nitro benzene ring substituents is 1. The van der Waals surface area contributed by atoms with E-state index in [2.05, 4.69) is 19.9 Å². The highest BCUT2D eigenvalue weighted by atomic mass is 16.6. The number of hydrogen-bond acceptors (Lipinski definition) is 6. The lowest BCUT2D eigenvalue weighted by atomic mass is 9.69. The first-order valence-corrected chi connectivity index (χ1v) is 14.6. The summed E-state index contributed by atoms with van der Waals surface area (Å²) >= 11 is 0. The van der Waals surface area contributed by atoms with Crippen molar-refractivity contribution in [3.8, 4) is 5.75 Å². The number of allylic oxidation sites excluding steroid dienone is 2. The zero-order valence-corrected chi connectivity index (χ0v) is 24.2. The number of carbonyl (C=O) groups is 2. The molecule has 0 spiro atoms. The molecule has 2 saturated heterocycles. The number of nitro benzene ring substituents is 1. The van der Waals surface area contributed by atoms with Crippen LogP contribution in [0.5, 0.6) is 5.75 Å². The number of ether oxygens (including phenoxy) is 1. The van der Waals surface area contributed by atoms with E-state index in [9.17, 15) is 24.8 Å². The summed E-state index contributed by atoms with van der Waals surface area (Å²) in [5, 5.41) is 21.5. The summed E-state index contributed by atoms with van der Waals surface area (Å²) in [6, 6.07) is 9.77. The largest absolute Gasteiger partial charge is 0.507 e. The molecule has 0 radical (unpaired) electrons. The smallest absolute Gasteiger partial charge is 0.271 e. The van der Waals surface area contributed by atoms with Crippen LogP contribution >= 0.6 is 0 Å². The summed E-state index contributed by atoms with van der Waals surface area (Å²) in [5.74, 6) is -1.36. The molecule has 5 rings (SSSR count). The normalized spacial score (nSPS) is 24.2. The number of nitro groups is 1. The number of imide groups is 1. The van der Waals surface area contributed by atoms with Crippen molar-refractivity contribution in [1.82, 2.24) is 0 Å². The summed E-state index contributed by atoms with van der Waals surface area (Å²) in [5.41, 5.74) is 6.61. The number of rotatable bonds is 9. The van der Waals surface area contributed by atoms with Gasteiger partial charge in [0.05, 0.1) is 35.2 Å². The fraction of sp³-hybridized carbons (Fsp3) is 0.455. The van der Waals surface area contributed by atoms with Crippen LogP contribution in [0.4, 0.5) is 11.4 Å². The molecule has 1 aliphatic carbocycles. The molecule has 0 bridgehead atoms. The van der Waals surface area contributed by atoms with Gasteiger partial charge >= 0.3 is 0 Å². The number of anilines is 1. The van der Waals surface area contributed by atoms with Crippen molar-refractivity contribution in [2.24, 2.45) is 17.8 Å². The van der Waals surface area contributed by atoms with Crippen molar-refractivity contribution in [3.05, 3.63) is 79.9 Å². The Morgan fingerprint density at radius 3 is 2.49 bits per heavy atom. The maximum Gasteiger partial charge on any atom is 0.271 e. The third-order valence-corrected chi connectivity index (χ3v) is 8.92. The third kappa shape index (κ3) is 5.33. The number of phenolic OH excluding ortho intramolecular Hbond substituents is 1. The van der Waals surface area contributed by atoms with Crippen molar-refractivity contribution in [2.75, 3.05) is 11.5 Å². The standard InChI is InChI=1S/C33H38N2O6/c1-5-8-21(15-22-13-19(3)31(36)20(4)14-22)11-12-28-29-23(6-2)16-26-30(27(29)18-41-28)33(38)34(32(26)37)24-9-7-10-25(17-24)35(39)40/h7,9-10,13-15,17,26-28,30,36H,5-6,8,11-12,16,18H2,1-4H3/b21-15+/t26-,27+,28-,30-/m1/s1. The number of phenols is 1. The summed E-state index contributed by atoms with van der Waals surface area (Å²) in [4.78, 5) is 39.3. The van der Waals surface area contributed by atoms with Gasteiger partial charge < -0.3 is 9.84 Å². The van der Waals surface area contributed by atoms with Crippen molar-refractivity contribution in [1.29, 1.82) is 0 Å². The zero-order valence-electron chi connectivity index (χ0n) is 24.2. The molecule has 1 N–H and O–H groups in total. The molecule has 8 heteroatoms. The average Bonchev–Trinajstić information content (AvgIpc) is 3.48. The number of carbonyl (C=O) groups excluding carboxylic acids is 2. The Bertz CT molecular complexity index is 1430. The van der Waals surface area contributed by atoms with Gasteiger partial charge in [-0.15, -0.1) is 0 Å². The Morgan fingerprint density at radius 2 is 1.83 bits per heavy atom. The van der Waals surface area contributed by atoms with Gasteiger partial charge in [0, 0.05) is 18.1 Å². The van der Waals surface area contributed by atoms with Crippen LogP contribution in [0.15, 0.2) is 53.1 Å². The highest BCUT2D eigenvalue weighted by Crippen LogP contribution is 2.51. The molecule has 8 nitrogen and oxygen atoms in total. The Balaban J connectivity index is 1.38. The summed E-state index contributed by atoms with van der Waals surface area (Å²) in [7, 11) is 0. The zero-order chi connectivity index (χ0) is 29.4. The Labute approximate surface area is 240 Å². The van der Waals surface area contributed by atoms with Gasteiger partial charge in [-0.1, -0.05) is 43.6 Å². The van der Waals surface area contributed by atoms with Crippen LogP contribution in [-0.2, 0) is 14.3 Å². The molecule has 216 valence electrons. The molecule has 2 aromatic rings. The second-order valence-electron chi connectivity index (χ2n) is 11.6. The summed E-state index contributed by atoms with van der Waals surface area (Å²) in [6.45, 7) is 8.48. The van der Waals surface area contributed by atoms with E-state index < -0.39 is 16.8 Å². The second-order valence-corrected chi connectivity index (χ2v) is 11.6. The minimum absolute atomic E-state index is 0.103. The van der Waals surface area contributed by atoms with Crippen molar-refractivity contribution in [2.45, 2.75) is 72.3 Å². The van der Waals surface area contributed by atoms with Gasteiger partial charge in [-0.3, -0.25) is 19.7 Å². The van der Waals surface area contributed by atoms with Crippen molar-refractivity contribution in [3.63, 3.8) is 0 Å². The number of fused-ring (bicyclic) bond motifs is 3. The Hall–Kier alpha value is -3.78. The molecular formula is C33H38N2O6. The van der Waals surface area contributed by atoms with Gasteiger partial charge in [-0.2, -0.15) is 0 Å². The van der Waals surface area contributed by atoms with E-state index in [0.717, 1.165) is 53.7 Å². The number of aryl methyl sites for hydroxylation is 2. The number of nitrogens with zero attached hydrogens (tertiary/aromatic N) is 2. The predicted molar refractivity (Wildman–Crippen MR) is 157 cm³/mol. The van der Waals surface area contributed by atoms with Crippen LogP contribution in [0.2, 0.25) is 0 Å². The van der Waals surface area contributed by atoms with E-state index in [1.54, 1.807) is 6.07 Å². The molecule has 41 heavy (non-hydrogen) atoms. The molecular weight excluding hydrogens is 520 g/mol. The number of amides is 2. The van der Waals surface area contributed by atoms with Crippen molar-refractivity contribution < 1.29 is 24.4 Å². The summed E-state index contributed by atoms with van der Waals surface area (Å²) in [6.07, 6.45) is 7.06. The van der Waals surface area contributed by atoms with Gasteiger partial charge in [0.15, 0.2) is 0 Å². The van der Waals surface area contributed by atoms with Crippen LogP contribution in [0.25, 0.3) is 6.08 Å². The summed E-state index contributed by atoms with van der Waals surface area (Å²) < 4.78 is 6.36. The first kappa shape index (κ1) is 28.7. The maximum atomic E-state index is 13.7. The van der Waals surface area contributed by atoms with Crippen molar-refractivity contribution >= 4 is 29.3 Å². The topological polar surface area (TPSA) is 110 Å². The fourth-order valence-corrected chi connectivity index (χ4v) is 7.03. The molecule has 2 aromatic carbocycles. The van der Waals surface area contributed by atoms with E-state index in [0.29, 0.717) is 18.8 Å². The lowest BCUT2D eigenvalue weighted by Crippen LogP contribution is -2.34. The first-order valence-electron chi connectivity index (χ1n) is 14.6. The molecule has 2 aliphatic heterocycles. The SMILES string of the molecule is CCC/C(=C\c1cc(C)c(O)c(C)c1)CC[C@H]1OC[C@H]2C1=C(CC)C[C@H]1C(=O)N(c3cccc([N+](=O)[O-])c3)C(=O)[C@H]12. The molecule has 2 heterocycles.